The predicted octanol–water partition coefficient (Wildman–Crippen LogP) is 1.22. The van der Waals surface area contributed by atoms with Gasteiger partial charge in [0.2, 0.25) is 5.09 Å². The lowest BCUT2D eigenvalue weighted by molar-refractivity contribution is 0.283. The van der Waals surface area contributed by atoms with E-state index in [1.165, 1.54) is 6.07 Å². The molecule has 0 saturated carbocycles. The van der Waals surface area contributed by atoms with Crippen LogP contribution >= 0.6 is 0 Å². The van der Waals surface area contributed by atoms with Crippen LogP contribution in [0.2, 0.25) is 0 Å². The van der Waals surface area contributed by atoms with Crippen LogP contribution in [-0.2, 0) is 16.6 Å². The minimum Gasteiger partial charge on any atom is -0.447 e. The normalized spacial score (nSPS) is 11.9. The molecule has 1 aromatic rings. The minimum absolute atomic E-state index is 0.0482. The van der Waals surface area contributed by atoms with Crippen LogP contribution in [0.5, 0.6) is 0 Å². The molecule has 116 valence electrons. The van der Waals surface area contributed by atoms with Gasteiger partial charge >= 0.3 is 0 Å². The van der Waals surface area contributed by atoms with E-state index >= 15 is 0 Å². The first-order valence-corrected chi connectivity index (χ1v) is 8.48. The second kappa shape index (κ2) is 9.12. The number of hydrogen-bond acceptors (Lipinski definition) is 5. The second-order valence-electron chi connectivity index (χ2n) is 4.58. The first-order chi connectivity index (χ1) is 9.60. The van der Waals surface area contributed by atoms with Crippen molar-refractivity contribution in [1.29, 1.82) is 0 Å². The fourth-order valence-corrected chi connectivity index (χ4v) is 2.70. The zero-order valence-electron chi connectivity index (χ0n) is 11.9. The summed E-state index contributed by atoms with van der Waals surface area (Å²) >= 11 is 0. The summed E-state index contributed by atoms with van der Waals surface area (Å²) in [6, 6.07) is 3.14. The van der Waals surface area contributed by atoms with E-state index in [9.17, 15) is 8.42 Å². The molecule has 0 unspecified atom stereocenters. The molecule has 0 saturated heterocycles. The standard InChI is InChI=1S/C13H24N2O4S/c1-2-8-14-11-12-6-7-13(19-12)20(17,18)15-9-4-3-5-10-16/h6-7,14-16H,2-5,8-11H2,1H3. The van der Waals surface area contributed by atoms with E-state index in [0.29, 0.717) is 31.7 Å². The lowest BCUT2D eigenvalue weighted by Crippen LogP contribution is -2.24. The zero-order valence-corrected chi connectivity index (χ0v) is 12.7. The summed E-state index contributed by atoms with van der Waals surface area (Å²) < 4.78 is 31.7. The Hall–Kier alpha value is -0.890. The Morgan fingerprint density at radius 1 is 1.20 bits per heavy atom. The maximum Gasteiger partial charge on any atom is 0.273 e. The Balaban J connectivity index is 2.42. The van der Waals surface area contributed by atoms with Crippen molar-refractivity contribution < 1.29 is 17.9 Å². The Kier molecular flexibility index (Phi) is 7.83. The fraction of sp³-hybridized carbons (Fsp3) is 0.692. The zero-order chi connectivity index (χ0) is 14.8. The molecule has 0 bridgehead atoms. The number of aliphatic hydroxyl groups is 1. The average Bonchev–Trinajstić information content (AvgIpc) is 2.88. The Labute approximate surface area is 120 Å². The van der Waals surface area contributed by atoms with Crippen molar-refractivity contribution in [3.63, 3.8) is 0 Å². The maximum absolute atomic E-state index is 11.9. The van der Waals surface area contributed by atoms with Gasteiger partial charge in [0.25, 0.3) is 10.0 Å². The quantitative estimate of drug-likeness (QED) is 0.535. The van der Waals surface area contributed by atoms with Crippen LogP contribution in [0.3, 0.4) is 0 Å². The van der Waals surface area contributed by atoms with E-state index in [1.807, 2.05) is 0 Å². The largest absolute Gasteiger partial charge is 0.447 e. The summed E-state index contributed by atoms with van der Waals surface area (Å²) in [6.07, 6.45) is 3.20. The van der Waals surface area contributed by atoms with Crippen molar-refractivity contribution in [3.8, 4) is 0 Å². The van der Waals surface area contributed by atoms with Crippen molar-refractivity contribution in [1.82, 2.24) is 10.0 Å². The van der Waals surface area contributed by atoms with E-state index < -0.39 is 10.0 Å². The molecule has 6 nitrogen and oxygen atoms in total. The van der Waals surface area contributed by atoms with Crippen molar-refractivity contribution in [2.75, 3.05) is 19.7 Å². The molecular weight excluding hydrogens is 280 g/mol. The molecule has 7 heteroatoms. The van der Waals surface area contributed by atoms with Crippen molar-refractivity contribution in [2.45, 2.75) is 44.2 Å². The summed E-state index contributed by atoms with van der Waals surface area (Å²) in [4.78, 5) is 0. The molecule has 0 radical (unpaired) electrons. The highest BCUT2D eigenvalue weighted by atomic mass is 32.2. The van der Waals surface area contributed by atoms with Crippen LogP contribution in [0, 0.1) is 0 Å². The minimum atomic E-state index is -3.56. The number of furan rings is 1. The maximum atomic E-state index is 11.9. The number of unbranched alkanes of at least 4 members (excludes halogenated alkanes) is 2. The molecule has 0 spiro atoms. The first kappa shape index (κ1) is 17.2. The Morgan fingerprint density at radius 3 is 2.70 bits per heavy atom. The number of sulfonamides is 1. The van der Waals surface area contributed by atoms with Gasteiger partial charge < -0.3 is 14.8 Å². The van der Waals surface area contributed by atoms with Gasteiger partial charge in [-0.2, -0.15) is 0 Å². The fourth-order valence-electron chi connectivity index (χ4n) is 1.68. The number of nitrogens with one attached hydrogen (secondary N) is 2. The van der Waals surface area contributed by atoms with Gasteiger partial charge in [-0.1, -0.05) is 6.92 Å². The van der Waals surface area contributed by atoms with Crippen LogP contribution in [-0.4, -0.2) is 33.2 Å². The lowest BCUT2D eigenvalue weighted by atomic mass is 10.2. The second-order valence-corrected chi connectivity index (χ2v) is 6.28. The summed E-state index contributed by atoms with van der Waals surface area (Å²) in [7, 11) is -3.56. The SMILES string of the molecule is CCCNCc1ccc(S(=O)(=O)NCCCCCO)o1. The Morgan fingerprint density at radius 2 is 2.00 bits per heavy atom. The monoisotopic (exact) mass is 304 g/mol. The molecule has 0 aromatic carbocycles. The van der Waals surface area contributed by atoms with Crippen LogP contribution in [0.4, 0.5) is 0 Å². The highest BCUT2D eigenvalue weighted by molar-refractivity contribution is 7.89. The third-order valence-electron chi connectivity index (χ3n) is 2.75. The highest BCUT2D eigenvalue weighted by Crippen LogP contribution is 2.13. The van der Waals surface area contributed by atoms with Gasteiger partial charge in [-0.15, -0.1) is 0 Å². The summed E-state index contributed by atoms with van der Waals surface area (Å²) in [5, 5.41) is 11.7. The number of rotatable bonds is 11. The molecule has 0 fully saturated rings. The van der Waals surface area contributed by atoms with Gasteiger partial charge in [0.1, 0.15) is 5.76 Å². The molecule has 1 heterocycles. The van der Waals surface area contributed by atoms with Gasteiger partial charge in [0.05, 0.1) is 6.54 Å². The molecular formula is C13H24N2O4S. The van der Waals surface area contributed by atoms with E-state index in [-0.39, 0.29) is 11.7 Å². The van der Waals surface area contributed by atoms with Crippen LogP contribution < -0.4 is 10.0 Å². The van der Waals surface area contributed by atoms with Crippen LogP contribution in [0.1, 0.15) is 38.4 Å². The van der Waals surface area contributed by atoms with E-state index in [4.69, 9.17) is 9.52 Å². The van der Waals surface area contributed by atoms with Gasteiger partial charge in [-0.3, -0.25) is 0 Å². The molecule has 20 heavy (non-hydrogen) atoms. The van der Waals surface area contributed by atoms with Crippen molar-refractivity contribution in [3.05, 3.63) is 17.9 Å². The average molecular weight is 304 g/mol. The molecule has 0 amide bonds. The third-order valence-corrected chi connectivity index (χ3v) is 4.09. The number of aliphatic hydroxyl groups excluding tert-OH is 1. The smallest absolute Gasteiger partial charge is 0.273 e. The van der Waals surface area contributed by atoms with Crippen molar-refractivity contribution in [2.24, 2.45) is 0 Å². The molecule has 3 N–H and O–H groups in total. The van der Waals surface area contributed by atoms with E-state index in [0.717, 1.165) is 19.4 Å². The topological polar surface area (TPSA) is 91.6 Å². The van der Waals surface area contributed by atoms with Crippen LogP contribution in [0.15, 0.2) is 21.6 Å². The third kappa shape index (κ3) is 6.04. The molecule has 1 rings (SSSR count). The molecule has 0 aliphatic carbocycles. The lowest BCUT2D eigenvalue weighted by Gasteiger charge is -2.04. The van der Waals surface area contributed by atoms with Gasteiger partial charge in [-0.05, 0) is 44.4 Å². The predicted molar refractivity (Wildman–Crippen MR) is 76.8 cm³/mol. The van der Waals surface area contributed by atoms with Crippen molar-refractivity contribution >= 4 is 10.0 Å². The molecule has 0 aliphatic heterocycles. The molecule has 0 atom stereocenters. The van der Waals surface area contributed by atoms with Gasteiger partial charge in [0, 0.05) is 13.2 Å². The van der Waals surface area contributed by atoms with E-state index in [2.05, 4.69) is 17.0 Å². The first-order valence-electron chi connectivity index (χ1n) is 7.00. The summed E-state index contributed by atoms with van der Waals surface area (Å²) in [6.45, 7) is 3.95. The molecule has 1 aromatic heterocycles. The van der Waals surface area contributed by atoms with Crippen LogP contribution in [0.25, 0.3) is 0 Å². The Bertz CT molecular complexity index is 470. The number of hydrogen-bond donors (Lipinski definition) is 3. The van der Waals surface area contributed by atoms with Gasteiger partial charge in [-0.25, -0.2) is 13.1 Å². The highest BCUT2D eigenvalue weighted by Gasteiger charge is 2.17. The molecule has 0 aliphatic rings. The van der Waals surface area contributed by atoms with E-state index in [1.54, 1.807) is 6.07 Å². The summed E-state index contributed by atoms with van der Waals surface area (Å²) in [5.74, 6) is 0.610. The summed E-state index contributed by atoms with van der Waals surface area (Å²) in [5.41, 5.74) is 0. The van der Waals surface area contributed by atoms with Gasteiger partial charge in [0.15, 0.2) is 0 Å².